The van der Waals surface area contributed by atoms with Crippen molar-refractivity contribution in [1.29, 1.82) is 0 Å². The molecule has 2 unspecified atom stereocenters. The molecule has 0 aromatic heterocycles. The van der Waals surface area contributed by atoms with Crippen molar-refractivity contribution >= 4 is 0 Å². The normalized spacial score (nSPS) is 26.1. The molecule has 0 aliphatic carbocycles. The van der Waals surface area contributed by atoms with E-state index in [1.165, 1.54) is 6.42 Å². The minimum absolute atomic E-state index is 0.214. The molecule has 0 amide bonds. The summed E-state index contributed by atoms with van der Waals surface area (Å²) in [4.78, 5) is 0. The van der Waals surface area contributed by atoms with Crippen LogP contribution in [-0.4, -0.2) is 30.5 Å². The van der Waals surface area contributed by atoms with Crippen LogP contribution in [-0.2, 0) is 4.74 Å². The Bertz CT molecular complexity index is 159. The number of aliphatic hydroxyl groups excluding tert-OH is 1. The molecule has 1 heterocycles. The molecule has 1 aliphatic heterocycles. The lowest BCUT2D eigenvalue weighted by atomic mass is 9.74. The monoisotopic (exact) mass is 201 g/mol. The number of aliphatic hydroxyl groups is 1. The Kier molecular flexibility index (Phi) is 4.35. The SMILES string of the molecule is CC(C)(N)C(CCO)C1CCCOC1. The van der Waals surface area contributed by atoms with Crippen LogP contribution in [0.15, 0.2) is 0 Å². The maximum Gasteiger partial charge on any atom is 0.0497 e. The molecule has 0 spiro atoms. The van der Waals surface area contributed by atoms with Crippen molar-refractivity contribution in [2.24, 2.45) is 17.6 Å². The molecule has 0 bridgehead atoms. The molecule has 3 nitrogen and oxygen atoms in total. The second-order valence-corrected chi connectivity index (χ2v) is 4.92. The van der Waals surface area contributed by atoms with Gasteiger partial charge in [0.1, 0.15) is 0 Å². The molecule has 2 atom stereocenters. The molecular formula is C11H23NO2. The van der Waals surface area contributed by atoms with Crippen molar-refractivity contribution in [3.8, 4) is 0 Å². The van der Waals surface area contributed by atoms with Gasteiger partial charge in [-0.15, -0.1) is 0 Å². The third-order valence-electron chi connectivity index (χ3n) is 3.16. The number of hydrogen-bond acceptors (Lipinski definition) is 3. The average molecular weight is 201 g/mol. The summed E-state index contributed by atoms with van der Waals surface area (Å²) in [5.74, 6) is 0.892. The van der Waals surface area contributed by atoms with Gasteiger partial charge in [0.05, 0.1) is 0 Å². The lowest BCUT2D eigenvalue weighted by Gasteiger charge is -2.38. The molecule has 3 heteroatoms. The summed E-state index contributed by atoms with van der Waals surface area (Å²) in [5.41, 5.74) is 5.92. The maximum absolute atomic E-state index is 9.03. The van der Waals surface area contributed by atoms with Crippen molar-refractivity contribution < 1.29 is 9.84 Å². The predicted molar refractivity (Wildman–Crippen MR) is 57.0 cm³/mol. The van der Waals surface area contributed by atoms with E-state index in [0.717, 1.165) is 26.1 Å². The lowest BCUT2D eigenvalue weighted by molar-refractivity contribution is 0.00841. The van der Waals surface area contributed by atoms with Gasteiger partial charge in [0.15, 0.2) is 0 Å². The van der Waals surface area contributed by atoms with Crippen LogP contribution < -0.4 is 5.73 Å². The Morgan fingerprint density at radius 3 is 2.71 bits per heavy atom. The van der Waals surface area contributed by atoms with E-state index in [1.807, 2.05) is 13.8 Å². The third-order valence-corrected chi connectivity index (χ3v) is 3.16. The minimum atomic E-state index is -0.214. The topological polar surface area (TPSA) is 55.5 Å². The van der Waals surface area contributed by atoms with Gasteiger partial charge in [0, 0.05) is 25.4 Å². The summed E-state index contributed by atoms with van der Waals surface area (Å²) in [7, 11) is 0. The number of nitrogens with two attached hydrogens (primary N) is 1. The summed E-state index contributed by atoms with van der Waals surface area (Å²) in [5, 5.41) is 9.03. The first kappa shape index (κ1) is 12.0. The largest absolute Gasteiger partial charge is 0.396 e. The Labute approximate surface area is 86.6 Å². The number of hydrogen-bond donors (Lipinski definition) is 2. The Balaban J connectivity index is 2.56. The van der Waals surface area contributed by atoms with Gasteiger partial charge in [-0.2, -0.15) is 0 Å². The fraction of sp³-hybridized carbons (Fsp3) is 1.00. The third kappa shape index (κ3) is 3.23. The Hall–Kier alpha value is -0.120. The van der Waals surface area contributed by atoms with Crippen molar-refractivity contribution in [3.63, 3.8) is 0 Å². The molecule has 1 fully saturated rings. The molecule has 0 aromatic rings. The summed E-state index contributed by atoms with van der Waals surface area (Å²) in [6.45, 7) is 6.00. The zero-order chi connectivity index (χ0) is 10.6. The van der Waals surface area contributed by atoms with Crippen molar-refractivity contribution in [2.75, 3.05) is 19.8 Å². The van der Waals surface area contributed by atoms with Gasteiger partial charge in [-0.05, 0) is 44.9 Å². The molecule has 1 aliphatic rings. The number of ether oxygens (including phenoxy) is 1. The van der Waals surface area contributed by atoms with Crippen molar-refractivity contribution in [3.05, 3.63) is 0 Å². The summed E-state index contributed by atoms with van der Waals surface area (Å²) >= 11 is 0. The first-order valence-electron chi connectivity index (χ1n) is 5.53. The van der Waals surface area contributed by atoms with Crippen LogP contribution in [0.2, 0.25) is 0 Å². The highest BCUT2D eigenvalue weighted by molar-refractivity contribution is 4.87. The molecular weight excluding hydrogens is 178 g/mol. The zero-order valence-electron chi connectivity index (χ0n) is 9.33. The van der Waals surface area contributed by atoms with E-state index in [0.29, 0.717) is 11.8 Å². The van der Waals surface area contributed by atoms with E-state index >= 15 is 0 Å². The Morgan fingerprint density at radius 2 is 2.29 bits per heavy atom. The van der Waals surface area contributed by atoms with Crippen LogP contribution in [0, 0.1) is 11.8 Å². The van der Waals surface area contributed by atoms with Crippen LogP contribution >= 0.6 is 0 Å². The molecule has 1 saturated heterocycles. The molecule has 0 saturated carbocycles. The van der Waals surface area contributed by atoms with Gasteiger partial charge in [0.25, 0.3) is 0 Å². The van der Waals surface area contributed by atoms with Gasteiger partial charge in [-0.3, -0.25) is 0 Å². The number of rotatable bonds is 4. The molecule has 14 heavy (non-hydrogen) atoms. The van der Waals surface area contributed by atoms with E-state index < -0.39 is 0 Å². The van der Waals surface area contributed by atoms with E-state index in [1.54, 1.807) is 0 Å². The lowest BCUT2D eigenvalue weighted by Crippen LogP contribution is -2.47. The molecule has 3 N–H and O–H groups in total. The van der Waals surface area contributed by atoms with Gasteiger partial charge in [-0.1, -0.05) is 0 Å². The maximum atomic E-state index is 9.03. The second-order valence-electron chi connectivity index (χ2n) is 4.92. The molecule has 1 rings (SSSR count). The molecule has 0 radical (unpaired) electrons. The van der Waals surface area contributed by atoms with Crippen LogP contribution in [0.25, 0.3) is 0 Å². The van der Waals surface area contributed by atoms with E-state index in [2.05, 4.69) is 0 Å². The van der Waals surface area contributed by atoms with Crippen LogP contribution in [0.5, 0.6) is 0 Å². The van der Waals surface area contributed by atoms with E-state index in [9.17, 15) is 0 Å². The Morgan fingerprint density at radius 1 is 1.57 bits per heavy atom. The van der Waals surface area contributed by atoms with Crippen molar-refractivity contribution in [1.82, 2.24) is 0 Å². The summed E-state index contributed by atoms with van der Waals surface area (Å²) in [6.07, 6.45) is 3.10. The molecule has 84 valence electrons. The van der Waals surface area contributed by atoms with Crippen LogP contribution in [0.1, 0.15) is 33.1 Å². The quantitative estimate of drug-likeness (QED) is 0.717. The first-order chi connectivity index (χ1) is 6.55. The predicted octanol–water partition coefficient (Wildman–Crippen LogP) is 1.15. The van der Waals surface area contributed by atoms with Gasteiger partial charge >= 0.3 is 0 Å². The summed E-state index contributed by atoms with van der Waals surface area (Å²) in [6, 6.07) is 0. The highest BCUT2D eigenvalue weighted by atomic mass is 16.5. The fourth-order valence-corrected chi connectivity index (χ4v) is 2.44. The van der Waals surface area contributed by atoms with Crippen LogP contribution in [0.4, 0.5) is 0 Å². The van der Waals surface area contributed by atoms with Crippen LogP contribution in [0.3, 0.4) is 0 Å². The fourth-order valence-electron chi connectivity index (χ4n) is 2.44. The standard InChI is InChI=1S/C11H23NO2/c1-11(2,12)10(5-6-13)9-4-3-7-14-8-9/h9-10,13H,3-8,12H2,1-2H3. The van der Waals surface area contributed by atoms with Crippen molar-refractivity contribution in [2.45, 2.75) is 38.6 Å². The first-order valence-corrected chi connectivity index (χ1v) is 5.53. The highest BCUT2D eigenvalue weighted by Gasteiger charge is 2.33. The minimum Gasteiger partial charge on any atom is -0.396 e. The zero-order valence-corrected chi connectivity index (χ0v) is 9.33. The smallest absolute Gasteiger partial charge is 0.0497 e. The average Bonchev–Trinajstić information content (AvgIpc) is 2.14. The van der Waals surface area contributed by atoms with Gasteiger partial charge in [0.2, 0.25) is 0 Å². The summed E-state index contributed by atoms with van der Waals surface area (Å²) < 4.78 is 5.47. The second kappa shape index (κ2) is 5.10. The highest BCUT2D eigenvalue weighted by Crippen LogP contribution is 2.31. The van der Waals surface area contributed by atoms with E-state index in [4.69, 9.17) is 15.6 Å². The van der Waals surface area contributed by atoms with E-state index in [-0.39, 0.29) is 12.1 Å². The molecule has 0 aromatic carbocycles. The van der Waals surface area contributed by atoms with Gasteiger partial charge in [-0.25, -0.2) is 0 Å². The van der Waals surface area contributed by atoms with Gasteiger partial charge < -0.3 is 15.6 Å².